The van der Waals surface area contributed by atoms with Crippen molar-refractivity contribution in [1.82, 2.24) is 5.01 Å². The molecule has 0 aliphatic heterocycles. The minimum atomic E-state index is 0.142. The molecule has 0 saturated heterocycles. The Morgan fingerprint density at radius 2 is 2.11 bits per heavy atom. The molecule has 0 heterocycles. The molecule has 0 atom stereocenters. The molecule has 0 spiro atoms. The van der Waals surface area contributed by atoms with Crippen LogP contribution in [-0.2, 0) is 0 Å². The first-order valence-electron chi connectivity index (χ1n) is 3.27. The van der Waals surface area contributed by atoms with Crippen LogP contribution in [0.2, 0.25) is 0 Å². The van der Waals surface area contributed by atoms with E-state index in [-0.39, 0.29) is 6.61 Å². The van der Waals surface area contributed by atoms with E-state index >= 15 is 0 Å². The standard InChI is InChI=1S/C6H16N2O/c1-6(2)5-8(7)3-4-9/h6,9H,3-5,7H2,1-2H3. The zero-order chi connectivity index (χ0) is 7.28. The Balaban J connectivity index is 3.15. The summed E-state index contributed by atoms with van der Waals surface area (Å²) in [4.78, 5) is 0. The first-order chi connectivity index (χ1) is 4.16. The van der Waals surface area contributed by atoms with Crippen molar-refractivity contribution in [2.75, 3.05) is 19.7 Å². The molecule has 0 unspecified atom stereocenters. The summed E-state index contributed by atoms with van der Waals surface area (Å²) < 4.78 is 0. The van der Waals surface area contributed by atoms with E-state index in [0.717, 1.165) is 6.54 Å². The number of nitrogens with zero attached hydrogens (tertiary/aromatic N) is 1. The van der Waals surface area contributed by atoms with E-state index < -0.39 is 0 Å². The van der Waals surface area contributed by atoms with Crippen LogP contribution in [-0.4, -0.2) is 29.8 Å². The Morgan fingerprint density at radius 3 is 2.44 bits per heavy atom. The zero-order valence-corrected chi connectivity index (χ0v) is 6.17. The highest BCUT2D eigenvalue weighted by Crippen LogP contribution is 1.91. The van der Waals surface area contributed by atoms with Gasteiger partial charge in [0, 0.05) is 13.1 Å². The Bertz CT molecular complexity index is 66.1. The third-order valence-electron chi connectivity index (χ3n) is 0.987. The summed E-state index contributed by atoms with van der Waals surface area (Å²) in [7, 11) is 0. The lowest BCUT2D eigenvalue weighted by Crippen LogP contribution is -2.36. The SMILES string of the molecule is CC(C)CN(N)CCO. The van der Waals surface area contributed by atoms with E-state index in [9.17, 15) is 0 Å². The van der Waals surface area contributed by atoms with E-state index in [1.165, 1.54) is 0 Å². The zero-order valence-electron chi connectivity index (χ0n) is 6.17. The van der Waals surface area contributed by atoms with Gasteiger partial charge < -0.3 is 5.11 Å². The minimum absolute atomic E-state index is 0.142. The number of hydrazine groups is 1. The molecule has 0 aromatic rings. The van der Waals surface area contributed by atoms with Gasteiger partial charge in [0.1, 0.15) is 0 Å². The molecule has 9 heavy (non-hydrogen) atoms. The average Bonchev–Trinajstić information content (AvgIpc) is 1.63. The molecule has 3 N–H and O–H groups in total. The maximum atomic E-state index is 8.43. The average molecular weight is 132 g/mol. The van der Waals surface area contributed by atoms with Crippen LogP contribution in [0.4, 0.5) is 0 Å². The number of aliphatic hydroxyl groups is 1. The number of nitrogens with two attached hydrogens (primary N) is 1. The predicted octanol–water partition coefficient (Wildman–Crippen LogP) is -0.190. The lowest BCUT2D eigenvalue weighted by Gasteiger charge is -2.16. The molecule has 0 aromatic carbocycles. The molecule has 0 aliphatic rings. The summed E-state index contributed by atoms with van der Waals surface area (Å²) in [6.07, 6.45) is 0. The van der Waals surface area contributed by atoms with Gasteiger partial charge in [0.15, 0.2) is 0 Å². The molecule has 3 heteroatoms. The van der Waals surface area contributed by atoms with Gasteiger partial charge >= 0.3 is 0 Å². The minimum Gasteiger partial charge on any atom is -0.395 e. The third kappa shape index (κ3) is 5.76. The van der Waals surface area contributed by atoms with Gasteiger partial charge in [0.05, 0.1) is 6.61 Å². The number of rotatable bonds is 4. The number of hydrogen-bond acceptors (Lipinski definition) is 3. The fraction of sp³-hybridized carbons (Fsp3) is 1.00. The van der Waals surface area contributed by atoms with E-state index in [0.29, 0.717) is 12.5 Å². The van der Waals surface area contributed by atoms with Gasteiger partial charge in [-0.3, -0.25) is 5.84 Å². The second kappa shape index (κ2) is 4.73. The summed E-state index contributed by atoms with van der Waals surface area (Å²) in [5.41, 5.74) is 0. The Labute approximate surface area is 56.4 Å². The van der Waals surface area contributed by atoms with E-state index in [1.54, 1.807) is 5.01 Å². The second-order valence-corrected chi connectivity index (χ2v) is 2.61. The van der Waals surface area contributed by atoms with Crippen LogP contribution in [0.3, 0.4) is 0 Å². The molecule has 56 valence electrons. The summed E-state index contributed by atoms with van der Waals surface area (Å²) in [6.45, 7) is 5.75. The van der Waals surface area contributed by atoms with Crippen LogP contribution in [0, 0.1) is 5.92 Å². The van der Waals surface area contributed by atoms with Gasteiger partial charge in [0.25, 0.3) is 0 Å². The van der Waals surface area contributed by atoms with Crippen LogP contribution in [0.25, 0.3) is 0 Å². The first kappa shape index (κ1) is 8.88. The second-order valence-electron chi connectivity index (χ2n) is 2.61. The van der Waals surface area contributed by atoms with Crippen LogP contribution in [0.5, 0.6) is 0 Å². The third-order valence-corrected chi connectivity index (χ3v) is 0.987. The van der Waals surface area contributed by atoms with E-state index in [1.807, 2.05) is 0 Å². The van der Waals surface area contributed by atoms with Gasteiger partial charge in [-0.2, -0.15) is 0 Å². The van der Waals surface area contributed by atoms with Crippen LogP contribution >= 0.6 is 0 Å². The van der Waals surface area contributed by atoms with Crippen LogP contribution in [0.15, 0.2) is 0 Å². The van der Waals surface area contributed by atoms with Gasteiger partial charge in [-0.15, -0.1) is 0 Å². The predicted molar refractivity (Wildman–Crippen MR) is 37.7 cm³/mol. The Hall–Kier alpha value is -0.120. The summed E-state index contributed by atoms with van der Waals surface area (Å²) in [5.74, 6) is 6.03. The number of hydrogen-bond donors (Lipinski definition) is 2. The topological polar surface area (TPSA) is 49.5 Å². The van der Waals surface area contributed by atoms with Crippen molar-refractivity contribution in [1.29, 1.82) is 0 Å². The van der Waals surface area contributed by atoms with Crippen molar-refractivity contribution in [3.63, 3.8) is 0 Å². The van der Waals surface area contributed by atoms with Crippen molar-refractivity contribution in [3.8, 4) is 0 Å². The normalized spacial score (nSPS) is 11.3. The van der Waals surface area contributed by atoms with Crippen LogP contribution in [0.1, 0.15) is 13.8 Å². The van der Waals surface area contributed by atoms with Gasteiger partial charge in [0.2, 0.25) is 0 Å². The smallest absolute Gasteiger partial charge is 0.0572 e. The monoisotopic (exact) mass is 132 g/mol. The molecule has 0 radical (unpaired) electrons. The maximum absolute atomic E-state index is 8.43. The Kier molecular flexibility index (Phi) is 4.67. The molecule has 0 aliphatic carbocycles. The largest absolute Gasteiger partial charge is 0.395 e. The number of aliphatic hydroxyl groups excluding tert-OH is 1. The van der Waals surface area contributed by atoms with Crippen molar-refractivity contribution < 1.29 is 5.11 Å². The quantitative estimate of drug-likeness (QED) is 0.412. The van der Waals surface area contributed by atoms with Crippen LogP contribution < -0.4 is 5.84 Å². The molecular formula is C6H16N2O. The fourth-order valence-electron chi connectivity index (χ4n) is 0.689. The first-order valence-corrected chi connectivity index (χ1v) is 3.27. The van der Waals surface area contributed by atoms with Crippen molar-refractivity contribution in [2.24, 2.45) is 11.8 Å². The molecule has 0 rings (SSSR count). The molecular weight excluding hydrogens is 116 g/mol. The molecule has 3 nitrogen and oxygen atoms in total. The lowest BCUT2D eigenvalue weighted by atomic mass is 10.2. The highest BCUT2D eigenvalue weighted by molar-refractivity contribution is 4.50. The molecule has 0 fully saturated rings. The van der Waals surface area contributed by atoms with Crippen molar-refractivity contribution >= 4 is 0 Å². The molecule has 0 bridgehead atoms. The van der Waals surface area contributed by atoms with Gasteiger partial charge in [-0.1, -0.05) is 13.8 Å². The summed E-state index contributed by atoms with van der Waals surface area (Å²) in [5, 5.41) is 10.1. The van der Waals surface area contributed by atoms with Crippen molar-refractivity contribution in [3.05, 3.63) is 0 Å². The molecule has 0 saturated carbocycles. The fourth-order valence-corrected chi connectivity index (χ4v) is 0.689. The van der Waals surface area contributed by atoms with Gasteiger partial charge in [-0.25, -0.2) is 5.01 Å². The summed E-state index contributed by atoms with van der Waals surface area (Å²) in [6, 6.07) is 0. The summed E-state index contributed by atoms with van der Waals surface area (Å²) >= 11 is 0. The maximum Gasteiger partial charge on any atom is 0.0572 e. The highest BCUT2D eigenvalue weighted by atomic mass is 16.3. The molecule has 0 aromatic heterocycles. The van der Waals surface area contributed by atoms with Crippen molar-refractivity contribution in [2.45, 2.75) is 13.8 Å². The van der Waals surface area contributed by atoms with Gasteiger partial charge in [-0.05, 0) is 5.92 Å². The van der Waals surface area contributed by atoms with E-state index in [2.05, 4.69) is 13.8 Å². The highest BCUT2D eigenvalue weighted by Gasteiger charge is 1.99. The van der Waals surface area contributed by atoms with E-state index in [4.69, 9.17) is 10.9 Å². The molecule has 0 amide bonds. The Morgan fingerprint density at radius 1 is 1.56 bits per heavy atom. The lowest BCUT2D eigenvalue weighted by molar-refractivity contribution is 0.184.